The average molecular weight is 359 g/mol. The fourth-order valence-corrected chi connectivity index (χ4v) is 4.78. The lowest BCUT2D eigenvalue weighted by Crippen LogP contribution is -2.47. The van der Waals surface area contributed by atoms with Crippen LogP contribution in [0.25, 0.3) is 0 Å². The maximum atomic E-state index is 12.8. The monoisotopic (exact) mass is 358 g/mol. The van der Waals surface area contributed by atoms with E-state index >= 15 is 0 Å². The topological polar surface area (TPSA) is 43.8 Å². The maximum absolute atomic E-state index is 12.8. The number of amides is 1. The minimum absolute atomic E-state index is 0.0962. The second-order valence-electron chi connectivity index (χ2n) is 8.56. The van der Waals surface area contributed by atoms with Gasteiger partial charge in [-0.2, -0.15) is 0 Å². The van der Waals surface area contributed by atoms with E-state index in [2.05, 4.69) is 30.9 Å². The van der Waals surface area contributed by atoms with Crippen LogP contribution < -0.4 is 0 Å². The molecule has 2 heterocycles. The Morgan fingerprint density at radius 3 is 2.62 bits per heavy atom. The van der Waals surface area contributed by atoms with Crippen LogP contribution in [-0.4, -0.2) is 52.6 Å². The van der Waals surface area contributed by atoms with E-state index in [0.717, 1.165) is 63.8 Å². The molecular weight excluding hydrogens is 324 g/mol. The van der Waals surface area contributed by atoms with Crippen LogP contribution in [0.3, 0.4) is 0 Å². The number of piperidine rings is 1. The van der Waals surface area contributed by atoms with Crippen molar-refractivity contribution in [2.45, 2.75) is 64.5 Å². The van der Waals surface area contributed by atoms with E-state index in [1.807, 2.05) is 17.0 Å². The van der Waals surface area contributed by atoms with Gasteiger partial charge in [0, 0.05) is 30.7 Å². The zero-order valence-corrected chi connectivity index (χ0v) is 16.4. The molecule has 1 atom stereocenters. The molecule has 3 rings (SSSR count). The van der Waals surface area contributed by atoms with E-state index in [4.69, 9.17) is 0 Å². The predicted molar refractivity (Wildman–Crippen MR) is 105 cm³/mol. The lowest BCUT2D eigenvalue weighted by molar-refractivity contribution is 0.0409. The van der Waals surface area contributed by atoms with Gasteiger partial charge in [-0.15, -0.1) is 0 Å². The SMILES string of the molecule is CC(C)C[C@@]1(CO)CCCN1Cc1cccc(C(=O)N2CCCCC2)c1. The molecule has 0 spiro atoms. The van der Waals surface area contributed by atoms with E-state index < -0.39 is 0 Å². The van der Waals surface area contributed by atoms with E-state index in [1.54, 1.807) is 0 Å². The number of aliphatic hydroxyl groups excluding tert-OH is 1. The van der Waals surface area contributed by atoms with Crippen LogP contribution in [0.2, 0.25) is 0 Å². The molecule has 1 amide bonds. The van der Waals surface area contributed by atoms with Crippen molar-refractivity contribution in [3.63, 3.8) is 0 Å². The van der Waals surface area contributed by atoms with E-state index in [1.165, 1.54) is 12.0 Å². The number of benzene rings is 1. The van der Waals surface area contributed by atoms with Gasteiger partial charge < -0.3 is 10.0 Å². The summed E-state index contributed by atoms with van der Waals surface area (Å²) < 4.78 is 0. The van der Waals surface area contributed by atoms with Gasteiger partial charge >= 0.3 is 0 Å². The van der Waals surface area contributed by atoms with Crippen LogP contribution in [-0.2, 0) is 6.54 Å². The Labute approximate surface area is 158 Å². The van der Waals surface area contributed by atoms with Gasteiger partial charge in [0.1, 0.15) is 0 Å². The Bertz CT molecular complexity index is 610. The predicted octanol–water partition coefficient (Wildman–Crippen LogP) is 3.69. The van der Waals surface area contributed by atoms with Crippen LogP contribution in [0.15, 0.2) is 24.3 Å². The molecule has 0 saturated carbocycles. The van der Waals surface area contributed by atoms with Crippen molar-refractivity contribution < 1.29 is 9.90 Å². The average Bonchev–Trinajstić information content (AvgIpc) is 3.04. The Morgan fingerprint density at radius 2 is 1.92 bits per heavy atom. The molecule has 2 aliphatic heterocycles. The largest absolute Gasteiger partial charge is 0.394 e. The number of likely N-dealkylation sites (tertiary alicyclic amines) is 2. The molecule has 1 N–H and O–H groups in total. The normalized spacial score (nSPS) is 24.4. The van der Waals surface area contributed by atoms with Gasteiger partial charge in [-0.05, 0) is 68.7 Å². The number of carbonyl (C=O) groups is 1. The fraction of sp³-hybridized carbons (Fsp3) is 0.682. The first kappa shape index (κ1) is 19.4. The first-order valence-electron chi connectivity index (χ1n) is 10.3. The van der Waals surface area contributed by atoms with Gasteiger partial charge in [0.2, 0.25) is 0 Å². The van der Waals surface area contributed by atoms with Crippen molar-refractivity contribution in [1.82, 2.24) is 9.80 Å². The van der Waals surface area contributed by atoms with Crippen molar-refractivity contribution in [3.05, 3.63) is 35.4 Å². The van der Waals surface area contributed by atoms with Crippen molar-refractivity contribution >= 4 is 5.91 Å². The second-order valence-corrected chi connectivity index (χ2v) is 8.56. The summed E-state index contributed by atoms with van der Waals surface area (Å²) in [6.45, 7) is 8.29. The third-order valence-corrected chi connectivity index (χ3v) is 6.01. The summed E-state index contributed by atoms with van der Waals surface area (Å²) in [6, 6.07) is 8.12. The first-order chi connectivity index (χ1) is 12.5. The highest BCUT2D eigenvalue weighted by molar-refractivity contribution is 5.94. The lowest BCUT2D eigenvalue weighted by Gasteiger charge is -2.38. The second kappa shape index (κ2) is 8.53. The van der Waals surface area contributed by atoms with Gasteiger partial charge in [0.05, 0.1) is 6.61 Å². The molecule has 0 radical (unpaired) electrons. The molecule has 4 nitrogen and oxygen atoms in total. The highest BCUT2D eigenvalue weighted by atomic mass is 16.3. The third-order valence-electron chi connectivity index (χ3n) is 6.01. The number of carbonyl (C=O) groups excluding carboxylic acids is 1. The zero-order valence-electron chi connectivity index (χ0n) is 16.4. The molecule has 0 aromatic heterocycles. The molecular formula is C22H34N2O2. The standard InChI is InChI=1S/C22H34N2O2/c1-18(2)15-22(17-25)10-7-13-24(22)16-19-8-6-9-20(14-19)21(26)23-11-4-3-5-12-23/h6,8-9,14,18,25H,3-5,7,10-13,15-17H2,1-2H3/t22-/m1/s1. The fourth-order valence-electron chi connectivity index (χ4n) is 4.78. The third kappa shape index (κ3) is 4.29. The Morgan fingerprint density at radius 1 is 1.15 bits per heavy atom. The molecule has 2 saturated heterocycles. The molecule has 0 aliphatic carbocycles. The summed E-state index contributed by atoms with van der Waals surface area (Å²) in [5, 5.41) is 10.1. The highest BCUT2D eigenvalue weighted by Crippen LogP contribution is 2.36. The van der Waals surface area contributed by atoms with E-state index in [9.17, 15) is 9.90 Å². The Hall–Kier alpha value is -1.39. The van der Waals surface area contributed by atoms with Crippen molar-refractivity contribution in [2.24, 2.45) is 5.92 Å². The van der Waals surface area contributed by atoms with E-state index in [-0.39, 0.29) is 18.1 Å². The maximum Gasteiger partial charge on any atom is 0.253 e. The molecule has 4 heteroatoms. The quantitative estimate of drug-likeness (QED) is 0.843. The summed E-state index contributed by atoms with van der Waals surface area (Å²) in [4.78, 5) is 17.2. The first-order valence-corrected chi connectivity index (χ1v) is 10.3. The van der Waals surface area contributed by atoms with Gasteiger partial charge in [-0.25, -0.2) is 0 Å². The molecule has 26 heavy (non-hydrogen) atoms. The molecule has 2 fully saturated rings. The number of rotatable bonds is 6. The summed E-state index contributed by atoms with van der Waals surface area (Å²) >= 11 is 0. The number of nitrogens with zero attached hydrogens (tertiary/aromatic N) is 2. The molecule has 144 valence electrons. The number of hydrogen-bond acceptors (Lipinski definition) is 3. The van der Waals surface area contributed by atoms with Crippen LogP contribution >= 0.6 is 0 Å². The minimum atomic E-state index is -0.0962. The van der Waals surface area contributed by atoms with Crippen LogP contribution in [0.5, 0.6) is 0 Å². The number of hydrogen-bond donors (Lipinski definition) is 1. The summed E-state index contributed by atoms with van der Waals surface area (Å²) in [7, 11) is 0. The van der Waals surface area contributed by atoms with Crippen molar-refractivity contribution in [2.75, 3.05) is 26.2 Å². The van der Waals surface area contributed by atoms with Crippen LogP contribution in [0, 0.1) is 5.92 Å². The van der Waals surface area contributed by atoms with Crippen LogP contribution in [0.4, 0.5) is 0 Å². The molecule has 0 bridgehead atoms. The zero-order chi connectivity index (χ0) is 18.6. The van der Waals surface area contributed by atoms with Crippen molar-refractivity contribution in [1.29, 1.82) is 0 Å². The van der Waals surface area contributed by atoms with E-state index in [0.29, 0.717) is 5.92 Å². The number of aliphatic hydroxyl groups is 1. The summed E-state index contributed by atoms with van der Waals surface area (Å²) in [5.41, 5.74) is 1.89. The van der Waals surface area contributed by atoms with Gasteiger partial charge in [0.15, 0.2) is 0 Å². The molecule has 1 aromatic rings. The molecule has 2 aliphatic rings. The smallest absolute Gasteiger partial charge is 0.253 e. The minimum Gasteiger partial charge on any atom is -0.394 e. The molecule has 1 aromatic carbocycles. The summed E-state index contributed by atoms with van der Waals surface area (Å²) in [5.74, 6) is 0.735. The van der Waals surface area contributed by atoms with Gasteiger partial charge in [0.25, 0.3) is 5.91 Å². The van der Waals surface area contributed by atoms with Crippen LogP contribution in [0.1, 0.15) is 68.3 Å². The Kier molecular flexibility index (Phi) is 6.36. The lowest BCUT2D eigenvalue weighted by atomic mass is 9.87. The highest BCUT2D eigenvalue weighted by Gasteiger charge is 2.40. The van der Waals surface area contributed by atoms with Crippen molar-refractivity contribution in [3.8, 4) is 0 Å². The van der Waals surface area contributed by atoms with Gasteiger partial charge in [-0.1, -0.05) is 26.0 Å². The molecule has 0 unspecified atom stereocenters. The summed E-state index contributed by atoms with van der Waals surface area (Å²) in [6.07, 6.45) is 6.70. The Balaban J connectivity index is 1.72. The van der Waals surface area contributed by atoms with Gasteiger partial charge in [-0.3, -0.25) is 9.69 Å².